The summed E-state index contributed by atoms with van der Waals surface area (Å²) in [5.74, 6) is 1.38. The molecular formula is C17H28N4O2. The highest BCUT2D eigenvalue weighted by Crippen LogP contribution is 2.24. The summed E-state index contributed by atoms with van der Waals surface area (Å²) in [5, 5.41) is 7.98. The third-order valence-electron chi connectivity index (χ3n) is 4.69. The maximum atomic E-state index is 12.7. The lowest BCUT2D eigenvalue weighted by molar-refractivity contribution is 0.0301. The Bertz CT molecular complexity index is 535. The van der Waals surface area contributed by atoms with E-state index in [1.54, 1.807) is 6.20 Å². The van der Waals surface area contributed by atoms with Crippen molar-refractivity contribution in [1.29, 1.82) is 0 Å². The molecule has 6 nitrogen and oxygen atoms in total. The van der Waals surface area contributed by atoms with E-state index < -0.39 is 0 Å². The van der Waals surface area contributed by atoms with Gasteiger partial charge in [-0.15, -0.1) is 0 Å². The van der Waals surface area contributed by atoms with Crippen LogP contribution < -0.4 is 5.32 Å². The van der Waals surface area contributed by atoms with Crippen LogP contribution in [-0.4, -0.2) is 60.0 Å². The fourth-order valence-corrected chi connectivity index (χ4v) is 3.36. The maximum absolute atomic E-state index is 12.7. The van der Waals surface area contributed by atoms with E-state index in [0.717, 1.165) is 43.7 Å². The minimum absolute atomic E-state index is 0.116. The summed E-state index contributed by atoms with van der Waals surface area (Å²) in [6.07, 6.45) is 3.83. The number of hydrogen-bond donors (Lipinski definition) is 1. The quantitative estimate of drug-likeness (QED) is 0.884. The first kappa shape index (κ1) is 16.5. The van der Waals surface area contributed by atoms with Gasteiger partial charge in [0, 0.05) is 19.6 Å². The minimum Gasteiger partial charge on any atom is -0.378 e. The molecule has 1 aromatic rings. The molecular weight excluding hydrogens is 292 g/mol. The van der Waals surface area contributed by atoms with Crippen LogP contribution in [0.2, 0.25) is 0 Å². The number of ether oxygens (including phenoxy) is 1. The van der Waals surface area contributed by atoms with E-state index in [9.17, 15) is 4.79 Å². The van der Waals surface area contributed by atoms with Crippen LogP contribution in [0.25, 0.3) is 0 Å². The Balaban J connectivity index is 1.64. The fraction of sp³-hybridized carbons (Fsp3) is 0.765. The Morgan fingerprint density at radius 1 is 1.39 bits per heavy atom. The summed E-state index contributed by atoms with van der Waals surface area (Å²) in [5.41, 5.74) is 1.91. The first-order valence-electron chi connectivity index (χ1n) is 8.77. The molecule has 2 aliphatic heterocycles. The largest absolute Gasteiger partial charge is 0.378 e. The lowest BCUT2D eigenvalue weighted by atomic mass is 9.94. The number of rotatable bonds is 5. The fourth-order valence-electron chi connectivity index (χ4n) is 3.36. The summed E-state index contributed by atoms with van der Waals surface area (Å²) < 4.78 is 7.36. The van der Waals surface area contributed by atoms with Gasteiger partial charge in [-0.2, -0.15) is 5.10 Å². The molecule has 1 saturated heterocycles. The molecule has 0 bridgehead atoms. The highest BCUT2D eigenvalue weighted by atomic mass is 16.5. The van der Waals surface area contributed by atoms with Crippen molar-refractivity contribution in [2.75, 3.05) is 39.4 Å². The van der Waals surface area contributed by atoms with E-state index in [1.807, 2.05) is 9.58 Å². The van der Waals surface area contributed by atoms with Crippen LogP contribution in [0.4, 0.5) is 0 Å². The molecule has 1 fully saturated rings. The van der Waals surface area contributed by atoms with Crippen molar-refractivity contribution in [1.82, 2.24) is 20.0 Å². The molecule has 1 N–H and O–H groups in total. The van der Waals surface area contributed by atoms with Gasteiger partial charge in [0.15, 0.2) is 0 Å². The number of fused-ring (bicyclic) bond motifs is 1. The van der Waals surface area contributed by atoms with Crippen molar-refractivity contribution in [3.63, 3.8) is 0 Å². The van der Waals surface area contributed by atoms with Crippen LogP contribution >= 0.6 is 0 Å². The summed E-state index contributed by atoms with van der Waals surface area (Å²) in [4.78, 5) is 14.6. The first-order valence-corrected chi connectivity index (χ1v) is 8.77. The van der Waals surface area contributed by atoms with E-state index in [2.05, 4.69) is 24.3 Å². The number of hydrogen-bond acceptors (Lipinski definition) is 4. The zero-order valence-corrected chi connectivity index (χ0v) is 14.3. The predicted octanol–water partition coefficient (Wildman–Crippen LogP) is 1.16. The zero-order valence-electron chi connectivity index (χ0n) is 14.3. The van der Waals surface area contributed by atoms with E-state index >= 15 is 0 Å². The topological polar surface area (TPSA) is 59.4 Å². The zero-order chi connectivity index (χ0) is 16.2. The average Bonchev–Trinajstić information content (AvgIpc) is 2.98. The standard InChI is InChI=1S/C17H28N4O2/c1-13(2)10-18-11-14-3-4-21-16(9-14)15(12-19-21)17(22)20-5-7-23-8-6-20/h12-14,18H,3-11H2,1-2H3. The molecule has 1 aromatic heterocycles. The molecule has 2 aliphatic rings. The SMILES string of the molecule is CC(C)CNCC1CCn2ncc(C(=O)N3CCOCC3)c2C1. The summed E-state index contributed by atoms with van der Waals surface area (Å²) >= 11 is 0. The maximum Gasteiger partial charge on any atom is 0.257 e. The second-order valence-corrected chi connectivity index (χ2v) is 7.04. The van der Waals surface area contributed by atoms with Gasteiger partial charge in [-0.05, 0) is 37.8 Å². The number of carbonyl (C=O) groups excluding carboxylic acids is 1. The Hall–Kier alpha value is -1.40. The summed E-state index contributed by atoms with van der Waals surface area (Å²) in [6, 6.07) is 0. The molecule has 3 rings (SSSR count). The minimum atomic E-state index is 0.116. The van der Waals surface area contributed by atoms with E-state index in [0.29, 0.717) is 38.1 Å². The lowest BCUT2D eigenvalue weighted by Crippen LogP contribution is -2.41. The highest BCUT2D eigenvalue weighted by molar-refractivity contribution is 5.95. The molecule has 23 heavy (non-hydrogen) atoms. The Labute approximate surface area is 138 Å². The predicted molar refractivity (Wildman–Crippen MR) is 88.5 cm³/mol. The van der Waals surface area contributed by atoms with E-state index in [-0.39, 0.29) is 5.91 Å². The summed E-state index contributed by atoms with van der Waals surface area (Å²) in [7, 11) is 0. The molecule has 1 amide bonds. The normalized spacial score (nSPS) is 21.5. The molecule has 0 saturated carbocycles. The van der Waals surface area contributed by atoms with Gasteiger partial charge in [-0.1, -0.05) is 13.8 Å². The molecule has 0 radical (unpaired) electrons. The molecule has 0 spiro atoms. The van der Waals surface area contributed by atoms with Crippen LogP contribution in [0.3, 0.4) is 0 Å². The second-order valence-electron chi connectivity index (χ2n) is 7.04. The number of aromatic nitrogens is 2. The Morgan fingerprint density at radius 3 is 2.91 bits per heavy atom. The third-order valence-corrected chi connectivity index (χ3v) is 4.69. The molecule has 1 unspecified atom stereocenters. The number of carbonyl (C=O) groups is 1. The van der Waals surface area contributed by atoms with Gasteiger partial charge in [0.25, 0.3) is 5.91 Å². The van der Waals surface area contributed by atoms with Crippen molar-refractivity contribution in [2.24, 2.45) is 11.8 Å². The van der Waals surface area contributed by atoms with Crippen molar-refractivity contribution < 1.29 is 9.53 Å². The second kappa shape index (κ2) is 7.45. The number of amides is 1. The van der Waals surface area contributed by atoms with Gasteiger partial charge >= 0.3 is 0 Å². The molecule has 0 aromatic carbocycles. The van der Waals surface area contributed by atoms with Crippen LogP contribution in [0, 0.1) is 11.8 Å². The van der Waals surface area contributed by atoms with Crippen molar-refractivity contribution in [2.45, 2.75) is 33.2 Å². The molecule has 1 atom stereocenters. The van der Waals surface area contributed by atoms with Crippen molar-refractivity contribution in [3.8, 4) is 0 Å². The molecule has 128 valence electrons. The number of morpholine rings is 1. The van der Waals surface area contributed by atoms with Crippen molar-refractivity contribution in [3.05, 3.63) is 17.5 Å². The van der Waals surface area contributed by atoms with Crippen molar-refractivity contribution >= 4 is 5.91 Å². The number of nitrogens with one attached hydrogen (secondary N) is 1. The van der Waals surface area contributed by atoms with Crippen LogP contribution in [-0.2, 0) is 17.7 Å². The van der Waals surface area contributed by atoms with Crippen LogP contribution in [0.15, 0.2) is 6.20 Å². The highest BCUT2D eigenvalue weighted by Gasteiger charge is 2.28. The number of aryl methyl sites for hydroxylation is 1. The smallest absolute Gasteiger partial charge is 0.257 e. The van der Waals surface area contributed by atoms with Gasteiger partial charge in [0.05, 0.1) is 30.7 Å². The van der Waals surface area contributed by atoms with Gasteiger partial charge in [0.1, 0.15) is 0 Å². The van der Waals surface area contributed by atoms with Crippen LogP contribution in [0.1, 0.15) is 36.3 Å². The van der Waals surface area contributed by atoms with Gasteiger partial charge in [-0.25, -0.2) is 0 Å². The molecule has 6 heteroatoms. The molecule has 0 aliphatic carbocycles. The van der Waals surface area contributed by atoms with Gasteiger partial charge < -0.3 is 15.0 Å². The van der Waals surface area contributed by atoms with E-state index in [4.69, 9.17) is 4.74 Å². The van der Waals surface area contributed by atoms with E-state index in [1.165, 1.54) is 0 Å². The third kappa shape index (κ3) is 3.93. The number of nitrogens with zero attached hydrogens (tertiary/aromatic N) is 3. The van der Waals surface area contributed by atoms with Gasteiger partial charge in [-0.3, -0.25) is 9.48 Å². The lowest BCUT2D eigenvalue weighted by Gasteiger charge is -2.28. The average molecular weight is 320 g/mol. The first-order chi connectivity index (χ1) is 11.1. The van der Waals surface area contributed by atoms with Crippen LogP contribution in [0.5, 0.6) is 0 Å². The summed E-state index contributed by atoms with van der Waals surface area (Å²) in [6.45, 7) is 10.1. The monoisotopic (exact) mass is 320 g/mol. The molecule has 3 heterocycles. The Morgan fingerprint density at radius 2 is 2.17 bits per heavy atom. The Kier molecular flexibility index (Phi) is 5.33. The van der Waals surface area contributed by atoms with Gasteiger partial charge in [0.2, 0.25) is 0 Å².